The van der Waals surface area contributed by atoms with Crippen molar-refractivity contribution in [3.05, 3.63) is 60.7 Å². The van der Waals surface area contributed by atoms with E-state index in [4.69, 9.17) is 0 Å². The van der Waals surface area contributed by atoms with Crippen molar-refractivity contribution >= 4 is 23.2 Å². The number of benzene rings is 2. The normalized spacial score (nSPS) is 24.4. The summed E-state index contributed by atoms with van der Waals surface area (Å²) in [5.74, 6) is 0.475. The number of rotatable bonds is 4. The van der Waals surface area contributed by atoms with Crippen molar-refractivity contribution in [2.75, 3.05) is 23.9 Å². The number of nitrogens with zero attached hydrogens (tertiary/aromatic N) is 2. The Morgan fingerprint density at radius 3 is 1.29 bits per heavy atom. The molecule has 0 aliphatic heterocycles. The highest BCUT2D eigenvalue weighted by Crippen LogP contribution is 2.59. The van der Waals surface area contributed by atoms with Crippen LogP contribution in [0, 0.1) is 23.7 Å². The molecule has 2 aromatic rings. The van der Waals surface area contributed by atoms with Gasteiger partial charge in [-0.15, -0.1) is 0 Å². The van der Waals surface area contributed by atoms with Crippen molar-refractivity contribution in [2.24, 2.45) is 23.7 Å². The SMILES string of the molecule is CC.CN(C(=O)C1C2CCC2C1C(=O)N(C)c1ccccc1)c1ccccc1. The van der Waals surface area contributed by atoms with Crippen LogP contribution in [-0.4, -0.2) is 25.9 Å². The van der Waals surface area contributed by atoms with Gasteiger partial charge in [-0.3, -0.25) is 9.59 Å². The minimum absolute atomic E-state index is 0.0666. The van der Waals surface area contributed by atoms with Crippen LogP contribution < -0.4 is 9.80 Å². The van der Waals surface area contributed by atoms with Gasteiger partial charge in [0.25, 0.3) is 0 Å². The number of para-hydroxylation sites is 2. The Hall–Kier alpha value is -2.62. The van der Waals surface area contributed by atoms with Crippen LogP contribution in [0.4, 0.5) is 11.4 Å². The molecule has 2 aliphatic rings. The zero-order valence-corrected chi connectivity index (χ0v) is 17.2. The molecule has 4 nitrogen and oxygen atoms in total. The smallest absolute Gasteiger partial charge is 0.230 e. The lowest BCUT2D eigenvalue weighted by Crippen LogP contribution is -2.63. The molecule has 4 heteroatoms. The number of carbonyl (C=O) groups excluding carboxylic acids is 2. The Morgan fingerprint density at radius 2 is 1.00 bits per heavy atom. The number of hydrogen-bond donors (Lipinski definition) is 0. The van der Waals surface area contributed by atoms with Crippen LogP contribution in [0.15, 0.2) is 60.7 Å². The molecule has 2 amide bonds. The standard InChI is InChI=1S/C22H24N2O2.C2H6/c1-23(15-9-5-3-6-10-15)21(25)19-17-13-14-18(17)20(19)22(26)24(2)16-11-7-4-8-12-16;1-2/h3-12,17-20H,13-14H2,1-2H3;1-2H3. The van der Waals surface area contributed by atoms with E-state index < -0.39 is 0 Å². The third-order valence-electron chi connectivity index (χ3n) is 6.21. The molecule has 148 valence electrons. The van der Waals surface area contributed by atoms with E-state index in [-0.39, 0.29) is 23.7 Å². The topological polar surface area (TPSA) is 40.6 Å². The minimum Gasteiger partial charge on any atom is -0.315 e. The summed E-state index contributed by atoms with van der Waals surface area (Å²) in [4.78, 5) is 29.7. The molecule has 0 aromatic heterocycles. The van der Waals surface area contributed by atoms with E-state index in [9.17, 15) is 9.59 Å². The third-order valence-corrected chi connectivity index (χ3v) is 6.21. The summed E-state index contributed by atoms with van der Waals surface area (Å²) >= 11 is 0. The minimum atomic E-state index is -0.197. The Kier molecular flexibility index (Phi) is 6.18. The summed E-state index contributed by atoms with van der Waals surface area (Å²) in [6.07, 6.45) is 2.12. The number of fused-ring (bicyclic) bond motifs is 1. The van der Waals surface area contributed by atoms with Crippen molar-refractivity contribution in [1.82, 2.24) is 0 Å². The fourth-order valence-electron chi connectivity index (χ4n) is 4.51. The fraction of sp³-hybridized carbons (Fsp3) is 0.417. The van der Waals surface area contributed by atoms with Gasteiger partial charge in [0, 0.05) is 25.5 Å². The van der Waals surface area contributed by atoms with Gasteiger partial charge in [0.05, 0.1) is 11.8 Å². The predicted octanol–water partition coefficient (Wildman–Crippen LogP) is 4.61. The first-order chi connectivity index (χ1) is 13.6. The van der Waals surface area contributed by atoms with Crippen LogP contribution in [-0.2, 0) is 9.59 Å². The molecule has 0 heterocycles. The van der Waals surface area contributed by atoms with E-state index in [1.54, 1.807) is 9.80 Å². The summed E-state index contributed by atoms with van der Waals surface area (Å²) in [5, 5.41) is 0. The van der Waals surface area contributed by atoms with E-state index in [1.807, 2.05) is 88.6 Å². The zero-order chi connectivity index (χ0) is 20.3. The molecular formula is C24H30N2O2. The first-order valence-electron chi connectivity index (χ1n) is 10.2. The molecular weight excluding hydrogens is 348 g/mol. The molecule has 4 rings (SSSR count). The van der Waals surface area contributed by atoms with Crippen molar-refractivity contribution < 1.29 is 9.59 Å². The molecule has 0 saturated heterocycles. The van der Waals surface area contributed by atoms with Crippen LogP contribution in [0.25, 0.3) is 0 Å². The van der Waals surface area contributed by atoms with Crippen LogP contribution in [0.1, 0.15) is 26.7 Å². The largest absolute Gasteiger partial charge is 0.315 e. The highest BCUT2D eigenvalue weighted by Gasteiger charge is 2.62. The summed E-state index contributed by atoms with van der Waals surface area (Å²) in [6, 6.07) is 19.3. The van der Waals surface area contributed by atoms with Gasteiger partial charge in [0.15, 0.2) is 0 Å². The number of amides is 2. The van der Waals surface area contributed by atoms with E-state index >= 15 is 0 Å². The maximum absolute atomic E-state index is 13.1. The maximum atomic E-state index is 13.1. The van der Waals surface area contributed by atoms with E-state index in [0.29, 0.717) is 11.8 Å². The molecule has 0 spiro atoms. The van der Waals surface area contributed by atoms with E-state index in [1.165, 1.54) is 0 Å². The summed E-state index contributed by atoms with van der Waals surface area (Å²) < 4.78 is 0. The van der Waals surface area contributed by atoms with E-state index in [0.717, 1.165) is 24.2 Å². The maximum Gasteiger partial charge on any atom is 0.230 e. The average Bonchev–Trinajstić information content (AvgIpc) is 2.75. The predicted molar refractivity (Wildman–Crippen MR) is 114 cm³/mol. The Bertz CT molecular complexity index is 736. The first-order valence-corrected chi connectivity index (χ1v) is 10.2. The Morgan fingerprint density at radius 1 is 0.679 bits per heavy atom. The van der Waals surface area contributed by atoms with Crippen LogP contribution >= 0.6 is 0 Å². The number of anilines is 2. The lowest BCUT2D eigenvalue weighted by Gasteiger charge is -2.58. The van der Waals surface area contributed by atoms with Gasteiger partial charge in [-0.25, -0.2) is 0 Å². The van der Waals surface area contributed by atoms with Gasteiger partial charge in [0.1, 0.15) is 0 Å². The van der Waals surface area contributed by atoms with Gasteiger partial charge in [-0.2, -0.15) is 0 Å². The number of hydrogen-bond acceptors (Lipinski definition) is 2. The van der Waals surface area contributed by atoms with Gasteiger partial charge in [0.2, 0.25) is 11.8 Å². The summed E-state index contributed by atoms with van der Waals surface area (Å²) in [7, 11) is 3.62. The lowest BCUT2D eigenvalue weighted by molar-refractivity contribution is -0.163. The van der Waals surface area contributed by atoms with Gasteiger partial charge >= 0.3 is 0 Å². The monoisotopic (exact) mass is 378 g/mol. The second-order valence-electron chi connectivity index (χ2n) is 7.42. The first kappa shape index (κ1) is 20.1. The fourth-order valence-corrected chi connectivity index (χ4v) is 4.51. The molecule has 2 fully saturated rings. The Labute approximate surface area is 168 Å². The van der Waals surface area contributed by atoms with Gasteiger partial charge in [-0.1, -0.05) is 50.2 Å². The second kappa shape index (κ2) is 8.59. The van der Waals surface area contributed by atoms with Crippen molar-refractivity contribution in [3.63, 3.8) is 0 Å². The van der Waals surface area contributed by atoms with Gasteiger partial charge < -0.3 is 9.80 Å². The van der Waals surface area contributed by atoms with E-state index in [2.05, 4.69) is 0 Å². The second-order valence-corrected chi connectivity index (χ2v) is 7.42. The highest BCUT2D eigenvalue weighted by atomic mass is 16.2. The molecule has 0 N–H and O–H groups in total. The lowest BCUT2D eigenvalue weighted by atomic mass is 9.46. The molecule has 2 aliphatic carbocycles. The van der Waals surface area contributed by atoms with Gasteiger partial charge in [-0.05, 0) is 48.9 Å². The van der Waals surface area contributed by atoms with Crippen LogP contribution in [0.5, 0.6) is 0 Å². The molecule has 0 bridgehead atoms. The van der Waals surface area contributed by atoms with Crippen LogP contribution in [0.2, 0.25) is 0 Å². The molecule has 2 saturated carbocycles. The van der Waals surface area contributed by atoms with Crippen molar-refractivity contribution in [1.29, 1.82) is 0 Å². The molecule has 4 unspecified atom stereocenters. The average molecular weight is 379 g/mol. The van der Waals surface area contributed by atoms with Crippen molar-refractivity contribution in [2.45, 2.75) is 26.7 Å². The number of carbonyl (C=O) groups is 2. The Balaban J connectivity index is 0.00000109. The molecule has 2 aromatic carbocycles. The summed E-state index contributed by atoms with van der Waals surface area (Å²) in [6.45, 7) is 4.00. The zero-order valence-electron chi connectivity index (χ0n) is 17.2. The summed E-state index contributed by atoms with van der Waals surface area (Å²) in [5.41, 5.74) is 1.76. The quantitative estimate of drug-likeness (QED) is 0.779. The molecule has 0 radical (unpaired) electrons. The van der Waals surface area contributed by atoms with Crippen LogP contribution in [0.3, 0.4) is 0 Å². The molecule has 28 heavy (non-hydrogen) atoms. The highest BCUT2D eigenvalue weighted by molar-refractivity contribution is 6.03. The third kappa shape index (κ3) is 3.44. The molecule has 4 atom stereocenters. The van der Waals surface area contributed by atoms with Crippen molar-refractivity contribution in [3.8, 4) is 0 Å².